The minimum Gasteiger partial charge on any atom is -0.462 e. The summed E-state index contributed by atoms with van der Waals surface area (Å²) in [6.45, 7) is 0.799. The first-order valence-electron chi connectivity index (χ1n) is 10.9. The number of esters is 1. The van der Waals surface area contributed by atoms with E-state index in [1.807, 2.05) is 0 Å². The van der Waals surface area contributed by atoms with Crippen LogP contribution in [0.2, 0.25) is 0 Å². The molecule has 0 fully saturated rings. The molecular formula is C22H13F16NO3S. The number of ether oxygens (including phenoxy) is 1. The molecule has 2 rings (SSSR count). The second kappa shape index (κ2) is 11.3. The molecule has 0 unspecified atom stereocenters. The van der Waals surface area contributed by atoms with E-state index in [4.69, 9.17) is 0 Å². The standard InChI is InChI=1S/C22H13F16NO3S/c1-2-42-13(40)11-10(9-6-4-3-5-7-9)8-43-12(11)39-15(41)17(27,28)19(31,32)21(35,36)22(37,38)20(33,34)18(29,30)16(25,26)14(23)24/h3-8,14H,2H2,1H3,(H,39,41). The Hall–Kier alpha value is -3.26. The molecule has 242 valence electrons. The first kappa shape index (κ1) is 35.9. The molecule has 0 aliphatic carbocycles. The molecule has 1 heterocycles. The molecule has 1 aromatic heterocycles. The molecule has 0 radical (unpaired) electrons. The number of hydrogen-bond acceptors (Lipinski definition) is 4. The van der Waals surface area contributed by atoms with Crippen molar-refractivity contribution in [3.8, 4) is 11.1 Å². The van der Waals surface area contributed by atoms with Gasteiger partial charge in [0.1, 0.15) is 10.6 Å². The van der Waals surface area contributed by atoms with Crippen molar-refractivity contribution in [1.29, 1.82) is 0 Å². The first-order chi connectivity index (χ1) is 19.3. The number of halogens is 16. The van der Waals surface area contributed by atoms with Gasteiger partial charge >= 0.3 is 59.8 Å². The van der Waals surface area contributed by atoms with Gasteiger partial charge in [-0.3, -0.25) is 4.79 Å². The van der Waals surface area contributed by atoms with Crippen molar-refractivity contribution in [2.24, 2.45) is 0 Å². The SMILES string of the molecule is CCOC(=O)c1c(-c2ccccc2)csc1NC(=O)C(F)(F)C(F)(F)C(F)(F)C(F)(F)C(F)(F)C(F)(F)C(F)(F)C(F)F. The predicted molar refractivity (Wildman–Crippen MR) is 115 cm³/mol. The molecule has 2 aromatic rings. The summed E-state index contributed by atoms with van der Waals surface area (Å²) in [4.78, 5) is 24.4. The predicted octanol–water partition coefficient (Wildman–Crippen LogP) is 8.24. The quantitative estimate of drug-likeness (QED) is 0.182. The van der Waals surface area contributed by atoms with E-state index >= 15 is 0 Å². The Kier molecular flexibility index (Phi) is 9.48. The Morgan fingerprint density at radius 2 is 1.23 bits per heavy atom. The fourth-order valence-corrected chi connectivity index (χ4v) is 4.10. The zero-order valence-corrected chi connectivity index (χ0v) is 21.2. The van der Waals surface area contributed by atoms with Crippen LogP contribution in [0.1, 0.15) is 17.3 Å². The highest BCUT2D eigenvalue weighted by atomic mass is 32.1. The highest BCUT2D eigenvalue weighted by molar-refractivity contribution is 7.15. The lowest BCUT2D eigenvalue weighted by Gasteiger charge is -2.42. The van der Waals surface area contributed by atoms with Gasteiger partial charge in [-0.2, -0.15) is 61.5 Å². The highest BCUT2D eigenvalue weighted by Crippen LogP contribution is 2.62. The maximum absolute atomic E-state index is 14.4. The van der Waals surface area contributed by atoms with Crippen LogP contribution in [0.25, 0.3) is 11.1 Å². The maximum atomic E-state index is 14.4. The number of nitrogens with one attached hydrogen (secondary N) is 1. The normalized spacial score (nSPS) is 14.2. The van der Waals surface area contributed by atoms with Gasteiger partial charge in [0.05, 0.1) is 6.61 Å². The summed E-state index contributed by atoms with van der Waals surface area (Å²) in [7, 11) is 0. The van der Waals surface area contributed by atoms with Crippen LogP contribution >= 0.6 is 11.3 Å². The van der Waals surface area contributed by atoms with Gasteiger partial charge in [-0.05, 0) is 12.5 Å². The summed E-state index contributed by atoms with van der Waals surface area (Å²) in [5.74, 6) is -62.1. The second-order valence-electron chi connectivity index (χ2n) is 8.26. The van der Waals surface area contributed by atoms with Crippen LogP contribution in [-0.2, 0) is 9.53 Å². The lowest BCUT2D eigenvalue weighted by molar-refractivity contribution is -0.443. The molecule has 1 N–H and O–H groups in total. The number of anilines is 1. The smallest absolute Gasteiger partial charge is 0.393 e. The molecule has 21 heteroatoms. The van der Waals surface area contributed by atoms with E-state index in [9.17, 15) is 79.8 Å². The molecule has 0 aliphatic rings. The van der Waals surface area contributed by atoms with E-state index < -0.39 is 76.9 Å². The minimum absolute atomic E-state index is 0.0861. The lowest BCUT2D eigenvalue weighted by Crippen LogP contribution is -2.74. The average molecular weight is 675 g/mol. The van der Waals surface area contributed by atoms with Crippen LogP contribution < -0.4 is 5.32 Å². The number of benzene rings is 1. The van der Waals surface area contributed by atoms with E-state index in [1.165, 1.54) is 37.3 Å². The Morgan fingerprint density at radius 1 is 0.767 bits per heavy atom. The Morgan fingerprint density at radius 3 is 1.70 bits per heavy atom. The third kappa shape index (κ3) is 5.36. The van der Waals surface area contributed by atoms with Crippen LogP contribution in [0.15, 0.2) is 35.7 Å². The van der Waals surface area contributed by atoms with Gasteiger partial charge < -0.3 is 10.1 Å². The van der Waals surface area contributed by atoms with Crippen LogP contribution in [0, 0.1) is 0 Å². The van der Waals surface area contributed by atoms with E-state index in [0.29, 0.717) is 0 Å². The molecule has 0 saturated heterocycles. The molecule has 1 aromatic carbocycles. The number of thiophene rings is 1. The van der Waals surface area contributed by atoms with Gasteiger partial charge in [0.2, 0.25) is 0 Å². The van der Waals surface area contributed by atoms with Gasteiger partial charge in [-0.25, -0.2) is 13.6 Å². The summed E-state index contributed by atoms with van der Waals surface area (Å²) >= 11 is 0.0861. The fraction of sp³-hybridized carbons (Fsp3) is 0.455. The summed E-state index contributed by atoms with van der Waals surface area (Å²) in [5, 5.41) is 0.587. The third-order valence-corrected chi connectivity index (χ3v) is 6.43. The molecule has 0 atom stereocenters. The number of rotatable bonds is 12. The van der Waals surface area contributed by atoms with Crippen molar-refractivity contribution >= 4 is 28.2 Å². The molecule has 43 heavy (non-hydrogen) atoms. The number of alkyl halides is 16. The first-order valence-corrected chi connectivity index (χ1v) is 11.7. The molecule has 0 saturated carbocycles. The largest absolute Gasteiger partial charge is 0.462 e. The molecular weight excluding hydrogens is 662 g/mol. The minimum atomic E-state index is -8.64. The van der Waals surface area contributed by atoms with E-state index in [0.717, 1.165) is 10.7 Å². The van der Waals surface area contributed by atoms with Crippen LogP contribution in [0.5, 0.6) is 0 Å². The highest BCUT2D eigenvalue weighted by Gasteiger charge is 2.94. The Balaban J connectivity index is 2.59. The number of amides is 1. The molecule has 0 bridgehead atoms. The van der Waals surface area contributed by atoms with Crippen molar-refractivity contribution in [2.75, 3.05) is 11.9 Å². The monoisotopic (exact) mass is 675 g/mol. The summed E-state index contributed by atoms with van der Waals surface area (Å²) in [6, 6.07) is 6.76. The van der Waals surface area contributed by atoms with Gasteiger partial charge in [0.15, 0.2) is 0 Å². The second-order valence-corrected chi connectivity index (χ2v) is 9.14. The molecule has 0 aliphatic heterocycles. The fourth-order valence-electron chi connectivity index (χ4n) is 3.15. The zero-order chi connectivity index (χ0) is 33.6. The van der Waals surface area contributed by atoms with E-state index in [2.05, 4.69) is 4.74 Å². The van der Waals surface area contributed by atoms with Crippen LogP contribution in [0.3, 0.4) is 0 Å². The van der Waals surface area contributed by atoms with Gasteiger partial charge in [-0.1, -0.05) is 30.3 Å². The maximum Gasteiger partial charge on any atom is 0.393 e. The molecule has 4 nitrogen and oxygen atoms in total. The van der Waals surface area contributed by atoms with Crippen molar-refractivity contribution in [2.45, 2.75) is 54.8 Å². The van der Waals surface area contributed by atoms with E-state index in [1.54, 1.807) is 0 Å². The summed E-state index contributed by atoms with van der Waals surface area (Å²) in [5.41, 5.74) is -1.02. The number of carbonyl (C=O) groups excluding carboxylic acids is 2. The number of carbonyl (C=O) groups is 2. The van der Waals surface area contributed by atoms with Crippen LogP contribution in [0.4, 0.5) is 75.2 Å². The van der Waals surface area contributed by atoms with Gasteiger partial charge in [0.25, 0.3) is 0 Å². The third-order valence-electron chi connectivity index (χ3n) is 5.53. The van der Waals surface area contributed by atoms with Gasteiger partial charge in [-0.15, -0.1) is 11.3 Å². The molecule has 0 spiro atoms. The summed E-state index contributed by atoms with van der Waals surface area (Å²) in [6.07, 6.45) is -5.97. The van der Waals surface area contributed by atoms with Crippen molar-refractivity contribution in [1.82, 2.24) is 0 Å². The van der Waals surface area contributed by atoms with Crippen LogP contribution in [-0.4, -0.2) is 66.4 Å². The topological polar surface area (TPSA) is 55.4 Å². The summed E-state index contributed by atoms with van der Waals surface area (Å²) < 4.78 is 222. The van der Waals surface area contributed by atoms with E-state index in [-0.39, 0.29) is 22.5 Å². The molecule has 1 amide bonds. The van der Waals surface area contributed by atoms with Gasteiger partial charge in [0, 0.05) is 10.9 Å². The number of hydrogen-bond donors (Lipinski definition) is 1. The average Bonchev–Trinajstić information content (AvgIpc) is 3.32. The Labute approximate surface area is 232 Å². The van der Waals surface area contributed by atoms with Crippen molar-refractivity contribution in [3.63, 3.8) is 0 Å². The zero-order valence-electron chi connectivity index (χ0n) is 20.4. The Bertz CT molecular complexity index is 1330. The van der Waals surface area contributed by atoms with Crippen molar-refractivity contribution in [3.05, 3.63) is 41.3 Å². The lowest BCUT2D eigenvalue weighted by atomic mass is 9.89. The van der Waals surface area contributed by atoms with Crippen molar-refractivity contribution < 1.29 is 84.6 Å².